The van der Waals surface area contributed by atoms with E-state index in [0.29, 0.717) is 34.5 Å². The minimum atomic E-state index is -0.343. The van der Waals surface area contributed by atoms with Crippen LogP contribution in [-0.4, -0.2) is 41.6 Å². The van der Waals surface area contributed by atoms with Gasteiger partial charge in [0.2, 0.25) is 0 Å². The summed E-state index contributed by atoms with van der Waals surface area (Å²) in [5, 5.41) is 0.791. The normalized spacial score (nSPS) is 20.5. The molecule has 0 N–H and O–H groups in total. The molecule has 0 radical (unpaired) electrons. The average molecular weight is 425 g/mol. The Kier molecular flexibility index (Phi) is 6.08. The van der Waals surface area contributed by atoms with Crippen LogP contribution in [-0.2, 0) is 9.53 Å². The van der Waals surface area contributed by atoms with E-state index < -0.39 is 0 Å². The molecule has 1 aromatic carbocycles. The summed E-state index contributed by atoms with van der Waals surface area (Å²) in [5.41, 5.74) is 1.34. The summed E-state index contributed by atoms with van der Waals surface area (Å²) >= 11 is 1.41. The van der Waals surface area contributed by atoms with E-state index in [9.17, 15) is 9.59 Å². The van der Waals surface area contributed by atoms with Crippen molar-refractivity contribution in [1.82, 2.24) is 4.90 Å². The number of ether oxygens (including phenoxy) is 1. The molecule has 0 spiro atoms. The Labute approximate surface area is 180 Å². The molecule has 1 saturated heterocycles. The summed E-state index contributed by atoms with van der Waals surface area (Å²) in [4.78, 5) is 31.2. The summed E-state index contributed by atoms with van der Waals surface area (Å²) in [5.74, 6) is 1.32. The molecule has 156 valence electrons. The van der Waals surface area contributed by atoms with Crippen LogP contribution in [0.2, 0.25) is 0 Å². The number of carbonyl (C=O) groups excluding carboxylic acids is 2. The van der Waals surface area contributed by atoms with Crippen LogP contribution in [0.25, 0.3) is 17.4 Å². The van der Waals surface area contributed by atoms with Crippen molar-refractivity contribution in [3.05, 3.63) is 52.6 Å². The molecule has 6 nitrogen and oxygen atoms in total. The zero-order valence-corrected chi connectivity index (χ0v) is 17.9. The molecular formula is C23H24N2O4S. The number of amides is 1. The van der Waals surface area contributed by atoms with Gasteiger partial charge in [-0.3, -0.25) is 4.79 Å². The molecule has 1 atom stereocenters. The quantitative estimate of drug-likeness (QED) is 0.517. The lowest BCUT2D eigenvalue weighted by Gasteiger charge is -2.31. The van der Waals surface area contributed by atoms with E-state index >= 15 is 0 Å². The van der Waals surface area contributed by atoms with E-state index in [2.05, 4.69) is 16.8 Å². The van der Waals surface area contributed by atoms with Gasteiger partial charge in [-0.2, -0.15) is 4.99 Å². The number of esters is 1. The first-order valence-corrected chi connectivity index (χ1v) is 11.0. The molecule has 2 aromatic rings. The number of hydrogen-bond donors (Lipinski definition) is 0. The minimum Gasteiger partial charge on any atom is -0.462 e. The SMILES string of the molecule is CCOC(=O)c1ccc(-c2ccc(/C=C3\SC(N4CCCC(C)C4)=NC3=O)o2)cc1. The number of aliphatic imine (C=N–C) groups is 1. The van der Waals surface area contributed by atoms with Gasteiger partial charge in [-0.25, -0.2) is 4.79 Å². The Morgan fingerprint density at radius 3 is 2.83 bits per heavy atom. The van der Waals surface area contributed by atoms with Crippen molar-refractivity contribution in [1.29, 1.82) is 0 Å². The van der Waals surface area contributed by atoms with Gasteiger partial charge >= 0.3 is 5.97 Å². The van der Waals surface area contributed by atoms with Crippen LogP contribution < -0.4 is 0 Å². The topological polar surface area (TPSA) is 72.1 Å². The molecule has 1 amide bonds. The molecule has 1 unspecified atom stereocenters. The van der Waals surface area contributed by atoms with E-state index in [1.807, 2.05) is 24.3 Å². The third-order valence-electron chi connectivity index (χ3n) is 5.12. The van der Waals surface area contributed by atoms with Crippen LogP contribution in [0.1, 0.15) is 42.8 Å². The molecule has 2 aliphatic rings. The van der Waals surface area contributed by atoms with Crippen molar-refractivity contribution in [2.24, 2.45) is 10.9 Å². The van der Waals surface area contributed by atoms with Crippen molar-refractivity contribution in [2.45, 2.75) is 26.7 Å². The predicted molar refractivity (Wildman–Crippen MR) is 118 cm³/mol. The average Bonchev–Trinajstić information content (AvgIpc) is 3.36. The zero-order valence-electron chi connectivity index (χ0n) is 17.1. The van der Waals surface area contributed by atoms with Crippen molar-refractivity contribution in [3.8, 4) is 11.3 Å². The smallest absolute Gasteiger partial charge is 0.338 e. The Morgan fingerprint density at radius 1 is 1.30 bits per heavy atom. The molecule has 0 saturated carbocycles. The third-order valence-corrected chi connectivity index (χ3v) is 6.16. The molecule has 1 aromatic heterocycles. The Balaban J connectivity index is 1.45. The summed E-state index contributed by atoms with van der Waals surface area (Å²) in [6.45, 7) is 6.24. The second kappa shape index (κ2) is 8.92. The first-order valence-electron chi connectivity index (χ1n) is 10.2. The Hall–Kier alpha value is -2.80. The lowest BCUT2D eigenvalue weighted by Crippen LogP contribution is -2.37. The van der Waals surface area contributed by atoms with Gasteiger partial charge in [-0.15, -0.1) is 0 Å². The number of furan rings is 1. The number of amidine groups is 1. The number of carbonyl (C=O) groups is 2. The zero-order chi connectivity index (χ0) is 21.1. The number of piperidine rings is 1. The monoisotopic (exact) mass is 424 g/mol. The van der Waals surface area contributed by atoms with Crippen LogP contribution in [0.15, 0.2) is 50.7 Å². The number of thioether (sulfide) groups is 1. The molecule has 1 fully saturated rings. The van der Waals surface area contributed by atoms with Crippen molar-refractivity contribution in [2.75, 3.05) is 19.7 Å². The van der Waals surface area contributed by atoms with Gasteiger partial charge in [0.25, 0.3) is 5.91 Å². The molecule has 7 heteroatoms. The van der Waals surface area contributed by atoms with E-state index in [0.717, 1.165) is 30.2 Å². The van der Waals surface area contributed by atoms with Gasteiger partial charge < -0.3 is 14.1 Å². The summed E-state index contributed by atoms with van der Waals surface area (Å²) < 4.78 is 10.9. The summed E-state index contributed by atoms with van der Waals surface area (Å²) in [6, 6.07) is 10.7. The Morgan fingerprint density at radius 2 is 2.10 bits per heavy atom. The van der Waals surface area contributed by atoms with E-state index in [4.69, 9.17) is 9.15 Å². The fourth-order valence-corrected chi connectivity index (χ4v) is 4.52. The third kappa shape index (κ3) is 4.51. The van der Waals surface area contributed by atoms with Crippen LogP contribution in [0.3, 0.4) is 0 Å². The first-order chi connectivity index (χ1) is 14.5. The minimum absolute atomic E-state index is 0.218. The first kappa shape index (κ1) is 20.5. The van der Waals surface area contributed by atoms with Crippen LogP contribution in [0.4, 0.5) is 0 Å². The summed E-state index contributed by atoms with van der Waals surface area (Å²) in [7, 11) is 0. The fourth-order valence-electron chi connectivity index (χ4n) is 3.60. The number of hydrogen-bond acceptors (Lipinski definition) is 6. The molecule has 3 heterocycles. The van der Waals surface area contributed by atoms with Gasteiger partial charge in [0, 0.05) is 24.7 Å². The molecule has 30 heavy (non-hydrogen) atoms. The second-order valence-corrected chi connectivity index (χ2v) is 8.51. The van der Waals surface area contributed by atoms with Crippen molar-refractivity contribution in [3.63, 3.8) is 0 Å². The standard InChI is InChI=1S/C23H24N2O4S/c1-3-28-22(27)17-8-6-16(7-9-17)19-11-10-18(29-19)13-20-21(26)24-23(30-20)25-12-4-5-15(2)14-25/h6-11,13,15H,3-5,12,14H2,1-2H3/b20-13-. The van der Waals surface area contributed by atoms with Gasteiger partial charge in [0.1, 0.15) is 11.5 Å². The highest BCUT2D eigenvalue weighted by Gasteiger charge is 2.28. The number of likely N-dealkylation sites (tertiary alicyclic amines) is 1. The van der Waals surface area contributed by atoms with E-state index in [1.54, 1.807) is 25.1 Å². The van der Waals surface area contributed by atoms with Gasteiger partial charge in [-0.05, 0) is 61.7 Å². The van der Waals surface area contributed by atoms with Crippen molar-refractivity contribution < 1.29 is 18.7 Å². The largest absolute Gasteiger partial charge is 0.462 e. The maximum absolute atomic E-state index is 12.4. The van der Waals surface area contributed by atoms with Gasteiger partial charge in [0.15, 0.2) is 5.17 Å². The number of benzene rings is 1. The molecule has 4 rings (SSSR count). The molecule has 2 aliphatic heterocycles. The Bertz CT molecular complexity index is 1010. The predicted octanol–water partition coefficient (Wildman–Crippen LogP) is 4.83. The van der Waals surface area contributed by atoms with Crippen LogP contribution in [0.5, 0.6) is 0 Å². The van der Waals surface area contributed by atoms with Gasteiger partial charge in [0.05, 0.1) is 17.1 Å². The maximum atomic E-state index is 12.4. The van der Waals surface area contributed by atoms with Crippen LogP contribution >= 0.6 is 11.8 Å². The highest BCUT2D eigenvalue weighted by Crippen LogP contribution is 2.33. The second-order valence-electron chi connectivity index (χ2n) is 7.50. The summed E-state index contributed by atoms with van der Waals surface area (Å²) in [6.07, 6.45) is 4.10. The molecule has 0 aliphatic carbocycles. The van der Waals surface area contributed by atoms with Crippen molar-refractivity contribution >= 4 is 34.9 Å². The fraction of sp³-hybridized carbons (Fsp3) is 0.348. The van der Waals surface area contributed by atoms with E-state index in [1.165, 1.54) is 18.2 Å². The highest BCUT2D eigenvalue weighted by atomic mass is 32.2. The highest BCUT2D eigenvalue weighted by molar-refractivity contribution is 8.18. The number of rotatable bonds is 4. The molecular weight excluding hydrogens is 400 g/mol. The van der Waals surface area contributed by atoms with Crippen LogP contribution in [0, 0.1) is 5.92 Å². The van der Waals surface area contributed by atoms with Gasteiger partial charge in [-0.1, -0.05) is 19.1 Å². The number of nitrogens with zero attached hydrogens (tertiary/aromatic N) is 2. The molecule has 0 bridgehead atoms. The lowest BCUT2D eigenvalue weighted by atomic mass is 10.0. The maximum Gasteiger partial charge on any atom is 0.338 e. The lowest BCUT2D eigenvalue weighted by molar-refractivity contribution is -0.113. The van der Waals surface area contributed by atoms with E-state index in [-0.39, 0.29) is 11.9 Å².